The number of likely N-dealkylation sites (tertiary alicyclic amines) is 1. The van der Waals surface area contributed by atoms with Gasteiger partial charge in [0.25, 0.3) is 5.70 Å². The first-order valence-electron chi connectivity index (χ1n) is 10.1. The summed E-state index contributed by atoms with van der Waals surface area (Å²) in [7, 11) is 0. The number of hydrogen-bond donors (Lipinski definition) is 2. The Morgan fingerprint density at radius 1 is 1.52 bits per heavy atom. The van der Waals surface area contributed by atoms with Gasteiger partial charge >= 0.3 is 0 Å². The highest BCUT2D eigenvalue weighted by molar-refractivity contribution is 5.87. The van der Waals surface area contributed by atoms with Crippen molar-refractivity contribution in [3.63, 3.8) is 0 Å². The minimum absolute atomic E-state index is 0.0430. The zero-order valence-electron chi connectivity index (χ0n) is 16.7. The number of rotatable bonds is 6. The van der Waals surface area contributed by atoms with Gasteiger partial charge in [-0.1, -0.05) is 0 Å². The molecule has 0 radical (unpaired) electrons. The number of aliphatic imine (C=N–C) groups is 1. The molecular formula is C21H22N6O4. The van der Waals surface area contributed by atoms with E-state index < -0.39 is 23.2 Å². The lowest BCUT2D eigenvalue weighted by Gasteiger charge is -2.23. The number of aromatic nitrogens is 1. The zero-order chi connectivity index (χ0) is 22.0. The first-order valence-corrected chi connectivity index (χ1v) is 10.1. The summed E-state index contributed by atoms with van der Waals surface area (Å²) < 4.78 is 5.86. The van der Waals surface area contributed by atoms with Gasteiger partial charge < -0.3 is 20.4 Å². The van der Waals surface area contributed by atoms with Crippen molar-refractivity contribution < 1.29 is 14.5 Å². The molecule has 160 valence electrons. The first-order chi connectivity index (χ1) is 15.0. The van der Waals surface area contributed by atoms with Crippen LogP contribution in [0.1, 0.15) is 24.8 Å². The molecule has 10 nitrogen and oxygen atoms in total. The average Bonchev–Trinajstić information content (AvgIpc) is 3.40. The van der Waals surface area contributed by atoms with Crippen LogP contribution in [0.15, 0.2) is 41.2 Å². The second kappa shape index (κ2) is 8.57. The molecule has 1 fully saturated rings. The fourth-order valence-corrected chi connectivity index (χ4v) is 3.95. The van der Waals surface area contributed by atoms with Gasteiger partial charge in [-0.3, -0.25) is 14.9 Å². The molecule has 10 heteroatoms. The van der Waals surface area contributed by atoms with Gasteiger partial charge in [0.15, 0.2) is 6.23 Å². The molecule has 4 rings (SSSR count). The lowest BCUT2D eigenvalue weighted by atomic mass is 10.0. The number of nitriles is 1. The van der Waals surface area contributed by atoms with Crippen LogP contribution in [0.3, 0.4) is 0 Å². The number of fused-ring (bicyclic) bond motifs is 1. The molecule has 1 aromatic carbocycles. The molecule has 2 aromatic rings. The van der Waals surface area contributed by atoms with Gasteiger partial charge in [-0.15, -0.1) is 0 Å². The Bertz CT molecular complexity index is 1110. The number of carbonyl (C=O) groups is 1. The highest BCUT2D eigenvalue weighted by Gasteiger charge is 2.32. The topological polar surface area (TPSA) is 151 Å². The van der Waals surface area contributed by atoms with Crippen molar-refractivity contribution in [1.29, 1.82) is 5.26 Å². The number of nitrogens with two attached hydrogens (primary N) is 1. The molecule has 2 aliphatic heterocycles. The SMILES string of the molecule is N#C[C@@H]1CCCN1C(=O)[C@@H](N)Cc1c[nH]c2ccc(OC3CC=C([N+](=O)[O-])C=N3)cc12. The van der Waals surface area contributed by atoms with E-state index in [2.05, 4.69) is 16.0 Å². The van der Waals surface area contributed by atoms with Gasteiger partial charge in [0.1, 0.15) is 18.0 Å². The molecule has 1 unspecified atom stereocenters. The molecule has 31 heavy (non-hydrogen) atoms. The Balaban J connectivity index is 1.46. The van der Waals surface area contributed by atoms with Crippen molar-refractivity contribution in [3.05, 3.63) is 51.8 Å². The number of hydrogen-bond acceptors (Lipinski definition) is 7. The van der Waals surface area contributed by atoms with E-state index in [1.165, 1.54) is 12.3 Å². The van der Waals surface area contributed by atoms with Crippen molar-refractivity contribution in [1.82, 2.24) is 9.88 Å². The summed E-state index contributed by atoms with van der Waals surface area (Å²) in [5, 5.41) is 20.9. The lowest BCUT2D eigenvalue weighted by molar-refractivity contribution is -0.414. The van der Waals surface area contributed by atoms with Gasteiger partial charge in [0.2, 0.25) is 5.91 Å². The number of allylic oxidation sites excluding steroid dienone is 1. The van der Waals surface area contributed by atoms with Gasteiger partial charge in [-0.05, 0) is 43.0 Å². The Morgan fingerprint density at radius 2 is 2.35 bits per heavy atom. The maximum absolute atomic E-state index is 12.7. The molecule has 0 saturated carbocycles. The van der Waals surface area contributed by atoms with E-state index in [9.17, 15) is 20.2 Å². The molecule has 1 saturated heterocycles. The van der Waals surface area contributed by atoms with E-state index in [0.717, 1.165) is 22.9 Å². The van der Waals surface area contributed by atoms with E-state index in [1.807, 2.05) is 18.3 Å². The van der Waals surface area contributed by atoms with Crippen molar-refractivity contribution >= 4 is 23.0 Å². The summed E-state index contributed by atoms with van der Waals surface area (Å²) in [6, 6.07) is 6.51. The third-order valence-corrected chi connectivity index (χ3v) is 5.57. The molecule has 3 atom stereocenters. The van der Waals surface area contributed by atoms with Crippen LogP contribution in [0.25, 0.3) is 10.9 Å². The predicted molar refractivity (Wildman–Crippen MR) is 113 cm³/mol. The Kier molecular flexibility index (Phi) is 5.68. The zero-order valence-corrected chi connectivity index (χ0v) is 16.7. The molecule has 3 N–H and O–H groups in total. The smallest absolute Gasteiger partial charge is 0.283 e. The maximum atomic E-state index is 12.7. The summed E-state index contributed by atoms with van der Waals surface area (Å²) >= 11 is 0. The van der Waals surface area contributed by atoms with E-state index in [0.29, 0.717) is 31.6 Å². The van der Waals surface area contributed by atoms with Gasteiger partial charge in [0.05, 0.1) is 17.0 Å². The number of ether oxygens (including phenoxy) is 1. The average molecular weight is 422 g/mol. The number of dihydropyridines is 1. The van der Waals surface area contributed by atoms with Gasteiger partial charge in [0, 0.05) is 36.1 Å². The molecule has 3 heterocycles. The molecule has 1 aromatic heterocycles. The quantitative estimate of drug-likeness (QED) is 0.536. The van der Waals surface area contributed by atoms with E-state index in [1.54, 1.807) is 11.0 Å². The second-order valence-corrected chi connectivity index (χ2v) is 7.62. The molecule has 0 spiro atoms. The largest absolute Gasteiger partial charge is 0.468 e. The van der Waals surface area contributed by atoms with E-state index in [-0.39, 0.29) is 11.6 Å². The van der Waals surface area contributed by atoms with Crippen molar-refractivity contribution in [2.45, 2.75) is 44.0 Å². The Morgan fingerprint density at radius 3 is 3.06 bits per heavy atom. The Labute approximate surface area is 178 Å². The highest BCUT2D eigenvalue weighted by atomic mass is 16.6. The van der Waals surface area contributed by atoms with Crippen molar-refractivity contribution in [3.8, 4) is 11.8 Å². The number of benzene rings is 1. The van der Waals surface area contributed by atoms with Crippen molar-refractivity contribution in [2.75, 3.05) is 6.54 Å². The lowest BCUT2D eigenvalue weighted by Crippen LogP contribution is -2.46. The standard InChI is InChI=1S/C21H22N6O4/c22-10-14-2-1-7-26(14)21(28)18(23)8-13-11-24-19-5-4-16(9-17(13)19)31-20-6-3-15(12-25-20)27(29)30/h3-5,9,11-12,14,18,20,24H,1-2,6-8,23H2/t14-,18-,20?/m0/s1. The van der Waals surface area contributed by atoms with Crippen LogP contribution in [0, 0.1) is 21.4 Å². The molecule has 0 bridgehead atoms. The maximum Gasteiger partial charge on any atom is 0.283 e. The number of aromatic amines is 1. The number of amides is 1. The third-order valence-electron chi connectivity index (χ3n) is 5.57. The number of H-pyrrole nitrogens is 1. The fraction of sp³-hybridized carbons (Fsp3) is 0.381. The summed E-state index contributed by atoms with van der Waals surface area (Å²) in [5.74, 6) is 0.355. The van der Waals surface area contributed by atoms with Crippen LogP contribution in [0.5, 0.6) is 5.75 Å². The van der Waals surface area contributed by atoms with Crippen LogP contribution < -0.4 is 10.5 Å². The Hall–Kier alpha value is -3.71. The highest BCUT2D eigenvalue weighted by Crippen LogP contribution is 2.27. The molecular weight excluding hydrogens is 400 g/mol. The van der Waals surface area contributed by atoms with Crippen LogP contribution in [0.2, 0.25) is 0 Å². The third kappa shape index (κ3) is 4.27. The summed E-state index contributed by atoms with van der Waals surface area (Å²) in [6.45, 7) is 0.561. The van der Waals surface area contributed by atoms with Crippen molar-refractivity contribution in [2.24, 2.45) is 10.7 Å². The van der Waals surface area contributed by atoms with E-state index in [4.69, 9.17) is 10.5 Å². The van der Waals surface area contributed by atoms with Gasteiger partial charge in [-0.2, -0.15) is 5.26 Å². The number of carbonyl (C=O) groups excluding carboxylic acids is 1. The summed E-state index contributed by atoms with van der Waals surface area (Å²) in [4.78, 5) is 31.8. The fourth-order valence-electron chi connectivity index (χ4n) is 3.95. The van der Waals surface area contributed by atoms with Crippen LogP contribution in [0.4, 0.5) is 0 Å². The minimum atomic E-state index is -0.744. The molecule has 0 aliphatic carbocycles. The number of nitrogens with zero attached hydrogens (tertiary/aromatic N) is 4. The normalized spacial score (nSPS) is 21.5. The predicted octanol–water partition coefficient (Wildman–Crippen LogP) is 1.89. The number of nitrogens with one attached hydrogen (secondary N) is 1. The second-order valence-electron chi connectivity index (χ2n) is 7.62. The van der Waals surface area contributed by atoms with Crippen LogP contribution >= 0.6 is 0 Å². The summed E-state index contributed by atoms with van der Waals surface area (Å²) in [5.41, 5.74) is 7.90. The molecule has 2 aliphatic rings. The van der Waals surface area contributed by atoms with Crippen LogP contribution in [-0.2, 0) is 11.2 Å². The summed E-state index contributed by atoms with van der Waals surface area (Å²) in [6.07, 6.45) is 6.09. The van der Waals surface area contributed by atoms with E-state index >= 15 is 0 Å². The monoisotopic (exact) mass is 422 g/mol. The number of nitro groups is 1. The minimum Gasteiger partial charge on any atom is -0.468 e. The first kappa shape index (κ1) is 20.6. The molecule has 1 amide bonds. The van der Waals surface area contributed by atoms with Crippen LogP contribution in [-0.4, -0.2) is 51.8 Å². The van der Waals surface area contributed by atoms with Gasteiger partial charge in [-0.25, -0.2) is 4.99 Å².